The highest BCUT2D eigenvalue weighted by atomic mass is 19.4. The van der Waals surface area contributed by atoms with E-state index in [0.717, 1.165) is 17.0 Å². The Kier molecular flexibility index (Phi) is 5.85. The normalized spacial score (nSPS) is 19.9. The van der Waals surface area contributed by atoms with E-state index in [9.17, 15) is 23.1 Å². The predicted octanol–water partition coefficient (Wildman–Crippen LogP) is 5.01. The Hall–Kier alpha value is -4.54. The van der Waals surface area contributed by atoms with E-state index in [0.29, 0.717) is 16.8 Å². The van der Waals surface area contributed by atoms with Gasteiger partial charge in [0.05, 0.1) is 29.3 Å². The van der Waals surface area contributed by atoms with Gasteiger partial charge in [-0.25, -0.2) is 4.79 Å². The number of benzene rings is 3. The first-order chi connectivity index (χ1) is 16.6. The molecule has 1 aliphatic heterocycles. The molecule has 0 bridgehead atoms. The molecule has 3 aromatic rings. The molecule has 7 nitrogen and oxygen atoms in total. The number of nitriles is 2. The number of ether oxygens (including phenoxy) is 1. The topological polar surface area (TPSA) is 101 Å². The summed E-state index contributed by atoms with van der Waals surface area (Å²) in [5.74, 6) is -0.556. The summed E-state index contributed by atoms with van der Waals surface area (Å²) in [6, 6.07) is 19.1. The highest BCUT2D eigenvalue weighted by molar-refractivity contribution is 6.08. The van der Waals surface area contributed by atoms with E-state index in [2.05, 4.69) is 4.74 Å². The molecule has 1 fully saturated rings. The first kappa shape index (κ1) is 23.6. The molecular formula is C25H17F3N4O3. The van der Waals surface area contributed by atoms with Crippen molar-refractivity contribution in [3.05, 3.63) is 89.5 Å². The molecule has 0 aromatic heterocycles. The molecule has 0 spiro atoms. The predicted molar refractivity (Wildman–Crippen MR) is 119 cm³/mol. The van der Waals surface area contributed by atoms with Gasteiger partial charge in [-0.05, 0) is 67.6 Å². The van der Waals surface area contributed by atoms with Gasteiger partial charge in [0.15, 0.2) is 5.72 Å². The minimum atomic E-state index is -4.94. The summed E-state index contributed by atoms with van der Waals surface area (Å²) in [6.07, 6.45) is -4.94. The Labute approximate surface area is 198 Å². The van der Waals surface area contributed by atoms with Gasteiger partial charge in [-0.2, -0.15) is 10.5 Å². The molecular weight excluding hydrogens is 461 g/mol. The lowest BCUT2D eigenvalue weighted by Gasteiger charge is -2.36. The first-order valence-electron chi connectivity index (χ1n) is 10.3. The Morgan fingerprint density at radius 1 is 0.943 bits per heavy atom. The van der Waals surface area contributed by atoms with Crippen molar-refractivity contribution in [1.29, 1.82) is 10.5 Å². The van der Waals surface area contributed by atoms with Crippen molar-refractivity contribution in [2.75, 3.05) is 9.80 Å². The maximum atomic E-state index is 13.7. The molecule has 1 N–H and O–H groups in total. The third-order valence-corrected chi connectivity index (χ3v) is 5.73. The number of halogens is 3. The van der Waals surface area contributed by atoms with Crippen molar-refractivity contribution >= 4 is 17.4 Å². The van der Waals surface area contributed by atoms with Crippen molar-refractivity contribution in [1.82, 2.24) is 0 Å². The minimum absolute atomic E-state index is 0.0133. The molecule has 1 unspecified atom stereocenters. The maximum absolute atomic E-state index is 13.7. The third-order valence-electron chi connectivity index (χ3n) is 5.73. The van der Waals surface area contributed by atoms with Crippen LogP contribution in [0.2, 0.25) is 0 Å². The lowest BCUT2D eigenvalue weighted by molar-refractivity contribution is -0.274. The third kappa shape index (κ3) is 4.23. The van der Waals surface area contributed by atoms with Crippen LogP contribution in [-0.4, -0.2) is 23.5 Å². The number of amides is 2. The Morgan fingerprint density at radius 3 is 2.00 bits per heavy atom. The van der Waals surface area contributed by atoms with Gasteiger partial charge in [-0.3, -0.25) is 9.80 Å². The lowest BCUT2D eigenvalue weighted by Crippen LogP contribution is -2.48. The van der Waals surface area contributed by atoms with Crippen molar-refractivity contribution in [2.45, 2.75) is 25.1 Å². The van der Waals surface area contributed by atoms with E-state index < -0.39 is 29.9 Å². The van der Waals surface area contributed by atoms with Crippen LogP contribution in [0, 0.1) is 22.7 Å². The van der Waals surface area contributed by atoms with Crippen LogP contribution in [0.4, 0.5) is 29.3 Å². The van der Waals surface area contributed by atoms with Gasteiger partial charge in [0.25, 0.3) is 0 Å². The lowest BCUT2D eigenvalue weighted by atomic mass is 9.94. The zero-order chi connectivity index (χ0) is 25.4. The highest BCUT2D eigenvalue weighted by Gasteiger charge is 2.57. The van der Waals surface area contributed by atoms with Crippen molar-refractivity contribution in [2.24, 2.45) is 0 Å². The van der Waals surface area contributed by atoms with Gasteiger partial charge in [-0.15, -0.1) is 13.2 Å². The molecule has 1 saturated heterocycles. The summed E-state index contributed by atoms with van der Waals surface area (Å²) in [5.41, 5.74) is -0.851. The molecule has 0 aliphatic carbocycles. The molecule has 0 saturated carbocycles. The molecule has 2 amide bonds. The number of anilines is 2. The van der Waals surface area contributed by atoms with E-state index in [1.807, 2.05) is 12.1 Å². The first-order valence-corrected chi connectivity index (χ1v) is 10.3. The number of urea groups is 1. The number of aliphatic hydroxyl groups is 1. The Balaban J connectivity index is 1.87. The monoisotopic (exact) mass is 478 g/mol. The average Bonchev–Trinajstić information content (AvgIpc) is 3.04. The van der Waals surface area contributed by atoms with E-state index in [1.165, 1.54) is 53.4 Å². The minimum Gasteiger partial charge on any atom is -0.406 e. The van der Waals surface area contributed by atoms with Crippen molar-refractivity contribution in [3.63, 3.8) is 0 Å². The summed E-state index contributed by atoms with van der Waals surface area (Å²) < 4.78 is 42.5. The largest absolute Gasteiger partial charge is 0.573 e. The van der Waals surface area contributed by atoms with Crippen LogP contribution >= 0.6 is 0 Å². The molecule has 10 heteroatoms. The molecule has 35 heavy (non-hydrogen) atoms. The van der Waals surface area contributed by atoms with Gasteiger partial charge in [0.2, 0.25) is 0 Å². The second kappa shape index (κ2) is 8.67. The van der Waals surface area contributed by atoms with Crippen LogP contribution in [0.1, 0.15) is 23.6 Å². The van der Waals surface area contributed by atoms with Gasteiger partial charge in [0, 0.05) is 16.9 Å². The zero-order valence-corrected chi connectivity index (χ0v) is 18.2. The van der Waals surface area contributed by atoms with E-state index in [1.54, 1.807) is 19.1 Å². The van der Waals surface area contributed by atoms with Gasteiger partial charge in [-0.1, -0.05) is 12.1 Å². The fourth-order valence-corrected chi connectivity index (χ4v) is 4.10. The molecule has 176 valence electrons. The average molecular weight is 478 g/mol. The van der Waals surface area contributed by atoms with Crippen LogP contribution in [-0.2, 0) is 5.72 Å². The van der Waals surface area contributed by atoms with Crippen LogP contribution < -0.4 is 14.5 Å². The molecule has 2 atom stereocenters. The number of hydrogen-bond acceptors (Lipinski definition) is 5. The standard InChI is InChI=1S/C25H17F3N4O3/c1-16-24(34,19-3-2-4-22(13-19)35-25(26,27)28)32(21-11-7-18(15-30)8-12-21)23(33)31(16)20-9-5-17(14-29)6-10-20/h2-13,16,34H,1H3/t16-,24?/m1/s1. The number of carbonyl (C=O) groups excluding carboxylic acids is 1. The number of nitrogens with zero attached hydrogens (tertiary/aromatic N) is 4. The molecule has 1 heterocycles. The van der Waals surface area contributed by atoms with Crippen molar-refractivity contribution < 1.29 is 27.8 Å². The summed E-state index contributed by atoms with van der Waals surface area (Å²) in [6.45, 7) is 1.55. The SMILES string of the molecule is C[C@H]1N(c2ccc(C#N)cc2)C(=O)N(c2ccc(C#N)cc2)C1(O)c1cccc(OC(F)(F)F)c1. The zero-order valence-electron chi connectivity index (χ0n) is 18.2. The smallest absolute Gasteiger partial charge is 0.406 e. The van der Waals surface area contributed by atoms with Crippen LogP contribution in [0.3, 0.4) is 0 Å². The van der Waals surface area contributed by atoms with E-state index >= 15 is 0 Å². The van der Waals surface area contributed by atoms with Gasteiger partial charge in [0.1, 0.15) is 5.75 Å². The van der Waals surface area contributed by atoms with Gasteiger partial charge >= 0.3 is 12.4 Å². The van der Waals surface area contributed by atoms with Crippen LogP contribution in [0.15, 0.2) is 72.8 Å². The number of rotatable bonds is 4. The number of carbonyl (C=O) groups is 1. The number of hydrogen-bond donors (Lipinski definition) is 1. The highest BCUT2D eigenvalue weighted by Crippen LogP contribution is 2.45. The maximum Gasteiger partial charge on any atom is 0.573 e. The van der Waals surface area contributed by atoms with Crippen LogP contribution in [0.5, 0.6) is 5.75 Å². The van der Waals surface area contributed by atoms with E-state index in [-0.39, 0.29) is 11.3 Å². The Bertz CT molecular complexity index is 1340. The molecule has 4 rings (SSSR count). The fourth-order valence-electron chi connectivity index (χ4n) is 4.10. The second-order valence-electron chi connectivity index (χ2n) is 7.78. The Morgan fingerprint density at radius 2 is 1.49 bits per heavy atom. The summed E-state index contributed by atoms with van der Waals surface area (Å²) in [4.78, 5) is 16.0. The quantitative estimate of drug-likeness (QED) is 0.568. The van der Waals surface area contributed by atoms with Crippen molar-refractivity contribution in [3.8, 4) is 17.9 Å². The van der Waals surface area contributed by atoms with E-state index in [4.69, 9.17) is 10.5 Å². The fraction of sp³-hybridized carbons (Fsp3) is 0.160. The molecule has 0 radical (unpaired) electrons. The molecule has 3 aromatic carbocycles. The summed E-state index contributed by atoms with van der Waals surface area (Å²) in [5, 5.41) is 30.2. The molecule has 1 aliphatic rings. The summed E-state index contributed by atoms with van der Waals surface area (Å²) in [7, 11) is 0. The second-order valence-corrected chi connectivity index (χ2v) is 7.78. The summed E-state index contributed by atoms with van der Waals surface area (Å²) >= 11 is 0. The van der Waals surface area contributed by atoms with Gasteiger partial charge < -0.3 is 9.84 Å². The van der Waals surface area contributed by atoms with Crippen LogP contribution in [0.25, 0.3) is 0 Å². The number of alkyl halides is 3.